The number of ketones is 1. The molecular formula is C22H26BrNO6. The summed E-state index contributed by atoms with van der Waals surface area (Å²) in [7, 11) is 1.29. The molecule has 0 saturated carbocycles. The lowest BCUT2D eigenvalue weighted by Crippen LogP contribution is -2.34. The summed E-state index contributed by atoms with van der Waals surface area (Å²) in [6.45, 7) is 3.88. The highest BCUT2D eigenvalue weighted by Gasteiger charge is 2.17. The molecule has 1 atom stereocenters. The van der Waals surface area contributed by atoms with Crippen molar-refractivity contribution in [3.63, 3.8) is 0 Å². The summed E-state index contributed by atoms with van der Waals surface area (Å²) in [6.07, 6.45) is 0. The van der Waals surface area contributed by atoms with Gasteiger partial charge in [0.1, 0.15) is 24.0 Å². The van der Waals surface area contributed by atoms with Crippen LogP contribution < -0.4 is 10.5 Å². The fourth-order valence-corrected chi connectivity index (χ4v) is 2.52. The van der Waals surface area contributed by atoms with E-state index in [2.05, 4.69) is 15.9 Å². The zero-order valence-corrected chi connectivity index (χ0v) is 18.7. The number of aliphatic carboxylic acids is 1. The molecular weight excluding hydrogens is 454 g/mol. The van der Waals surface area contributed by atoms with Crippen molar-refractivity contribution in [1.82, 2.24) is 0 Å². The van der Waals surface area contributed by atoms with Crippen LogP contribution in [0.5, 0.6) is 5.75 Å². The number of carboxylic acid groups (broad SMARTS) is 1. The average molecular weight is 480 g/mol. The van der Waals surface area contributed by atoms with Gasteiger partial charge in [0, 0.05) is 5.56 Å². The van der Waals surface area contributed by atoms with Crippen molar-refractivity contribution in [2.45, 2.75) is 26.5 Å². The number of esters is 1. The van der Waals surface area contributed by atoms with Gasteiger partial charge in [-0.05, 0) is 29.7 Å². The lowest BCUT2D eigenvalue weighted by Gasteiger charge is -2.11. The third kappa shape index (κ3) is 7.96. The lowest BCUT2D eigenvalue weighted by atomic mass is 10.1. The number of alkyl halides is 1. The standard InChI is InChI=1S/C17H15BrO4.C5H11NO2/c1-21-17(20)14-9-13(15(19)10-18)7-8-16(14)22-11-12-5-3-2-4-6-12;1-3(2)4(6)5(7)8/h2-9H,10-11H2,1H3;3-4H,6H2,1-2H3,(H,7,8)/t;4-/m.0/s1. The highest BCUT2D eigenvalue weighted by atomic mass is 79.9. The summed E-state index contributed by atoms with van der Waals surface area (Å²) in [5, 5.41) is 8.42. The molecule has 7 nitrogen and oxygen atoms in total. The van der Waals surface area contributed by atoms with Crippen LogP contribution in [-0.2, 0) is 16.1 Å². The van der Waals surface area contributed by atoms with Gasteiger partial charge < -0.3 is 20.3 Å². The van der Waals surface area contributed by atoms with Gasteiger partial charge in [-0.25, -0.2) is 4.79 Å². The molecule has 2 rings (SSSR count). The fourth-order valence-electron chi connectivity index (χ4n) is 2.20. The van der Waals surface area contributed by atoms with Gasteiger partial charge in [-0.2, -0.15) is 0 Å². The Morgan fingerprint density at radius 2 is 1.73 bits per heavy atom. The topological polar surface area (TPSA) is 116 Å². The van der Waals surface area contributed by atoms with E-state index in [0.29, 0.717) is 17.9 Å². The van der Waals surface area contributed by atoms with E-state index in [-0.39, 0.29) is 22.6 Å². The van der Waals surface area contributed by atoms with Crippen LogP contribution in [0.2, 0.25) is 0 Å². The molecule has 0 aliphatic carbocycles. The van der Waals surface area contributed by atoms with Crippen LogP contribution in [0, 0.1) is 5.92 Å². The van der Waals surface area contributed by atoms with Crippen molar-refractivity contribution in [2.24, 2.45) is 11.7 Å². The molecule has 0 amide bonds. The molecule has 0 fully saturated rings. The molecule has 30 heavy (non-hydrogen) atoms. The second-order valence-electron chi connectivity index (χ2n) is 6.64. The normalized spacial score (nSPS) is 11.1. The van der Waals surface area contributed by atoms with Gasteiger partial charge in [-0.15, -0.1) is 0 Å². The van der Waals surface area contributed by atoms with E-state index < -0.39 is 18.0 Å². The van der Waals surface area contributed by atoms with Crippen molar-refractivity contribution in [1.29, 1.82) is 0 Å². The monoisotopic (exact) mass is 479 g/mol. The van der Waals surface area contributed by atoms with Gasteiger partial charge in [-0.1, -0.05) is 60.1 Å². The molecule has 0 aromatic heterocycles. The zero-order chi connectivity index (χ0) is 22.7. The molecule has 2 aromatic carbocycles. The summed E-state index contributed by atoms with van der Waals surface area (Å²) in [5.41, 5.74) is 6.82. The van der Waals surface area contributed by atoms with Crippen molar-refractivity contribution >= 4 is 33.7 Å². The van der Waals surface area contributed by atoms with Gasteiger partial charge >= 0.3 is 11.9 Å². The molecule has 0 saturated heterocycles. The number of ether oxygens (including phenoxy) is 2. The van der Waals surface area contributed by atoms with E-state index >= 15 is 0 Å². The highest BCUT2D eigenvalue weighted by molar-refractivity contribution is 9.09. The fraction of sp³-hybridized carbons (Fsp3) is 0.318. The van der Waals surface area contributed by atoms with Gasteiger partial charge in [0.15, 0.2) is 5.78 Å². The Hall–Kier alpha value is -2.71. The van der Waals surface area contributed by atoms with E-state index in [1.807, 2.05) is 30.3 Å². The Morgan fingerprint density at radius 1 is 1.10 bits per heavy atom. The second-order valence-corrected chi connectivity index (χ2v) is 7.20. The third-order valence-corrected chi connectivity index (χ3v) is 4.58. The Bertz CT molecular complexity index is 854. The second kappa shape index (κ2) is 12.8. The van der Waals surface area contributed by atoms with E-state index in [0.717, 1.165) is 5.56 Å². The molecule has 0 unspecified atom stereocenters. The van der Waals surface area contributed by atoms with Crippen LogP contribution >= 0.6 is 15.9 Å². The molecule has 3 N–H and O–H groups in total. The van der Waals surface area contributed by atoms with E-state index in [4.69, 9.17) is 20.3 Å². The SMILES string of the molecule is CC(C)[C@H](N)C(=O)O.COC(=O)c1cc(C(=O)CBr)ccc1OCc1ccccc1. The zero-order valence-electron chi connectivity index (χ0n) is 17.1. The van der Waals surface area contributed by atoms with Crippen molar-refractivity contribution in [3.05, 3.63) is 65.2 Å². The number of halogens is 1. The predicted octanol–water partition coefficient (Wildman–Crippen LogP) is 3.68. The average Bonchev–Trinajstić information content (AvgIpc) is 2.76. The largest absolute Gasteiger partial charge is 0.488 e. The van der Waals surface area contributed by atoms with Crippen LogP contribution in [0.15, 0.2) is 48.5 Å². The molecule has 0 aliphatic rings. The number of carboxylic acids is 1. The Balaban J connectivity index is 0.000000479. The summed E-state index contributed by atoms with van der Waals surface area (Å²) < 4.78 is 10.4. The Morgan fingerprint density at radius 3 is 2.20 bits per heavy atom. The van der Waals surface area contributed by atoms with Gasteiger partial charge in [0.25, 0.3) is 0 Å². The van der Waals surface area contributed by atoms with Gasteiger partial charge in [0.05, 0.1) is 12.4 Å². The Kier molecular flexibility index (Phi) is 10.8. The van der Waals surface area contributed by atoms with Crippen molar-refractivity contribution in [2.75, 3.05) is 12.4 Å². The number of hydrogen-bond donors (Lipinski definition) is 2. The van der Waals surface area contributed by atoms with Crippen LogP contribution in [0.25, 0.3) is 0 Å². The minimum atomic E-state index is -0.931. The molecule has 162 valence electrons. The van der Waals surface area contributed by atoms with E-state index in [9.17, 15) is 14.4 Å². The van der Waals surface area contributed by atoms with Crippen LogP contribution in [0.1, 0.15) is 40.1 Å². The number of Topliss-reactive ketones (excluding diaryl/α,β-unsaturated/α-hetero) is 1. The smallest absolute Gasteiger partial charge is 0.341 e. The van der Waals surface area contributed by atoms with Crippen LogP contribution in [0.4, 0.5) is 0 Å². The Labute approximate surface area is 184 Å². The molecule has 0 heterocycles. The number of hydrogen-bond acceptors (Lipinski definition) is 6. The first-order valence-corrected chi connectivity index (χ1v) is 10.3. The number of nitrogens with two attached hydrogens (primary N) is 1. The third-order valence-electron chi connectivity index (χ3n) is 4.07. The highest BCUT2D eigenvalue weighted by Crippen LogP contribution is 2.23. The van der Waals surface area contributed by atoms with E-state index in [1.54, 1.807) is 26.0 Å². The number of rotatable bonds is 8. The molecule has 0 spiro atoms. The molecule has 0 radical (unpaired) electrons. The first-order valence-electron chi connectivity index (χ1n) is 9.17. The first-order chi connectivity index (χ1) is 14.2. The van der Waals surface area contributed by atoms with Crippen molar-refractivity contribution < 1.29 is 29.0 Å². The molecule has 2 aromatic rings. The van der Waals surface area contributed by atoms with Gasteiger partial charge in [0.2, 0.25) is 0 Å². The van der Waals surface area contributed by atoms with Crippen molar-refractivity contribution in [3.8, 4) is 5.75 Å². The summed E-state index contributed by atoms with van der Waals surface area (Å²) >= 11 is 3.11. The number of methoxy groups -OCH3 is 1. The van der Waals surface area contributed by atoms with Crippen LogP contribution in [0.3, 0.4) is 0 Å². The molecule has 8 heteroatoms. The predicted molar refractivity (Wildman–Crippen MR) is 117 cm³/mol. The maximum Gasteiger partial charge on any atom is 0.341 e. The number of benzene rings is 2. The molecule has 0 aliphatic heterocycles. The lowest BCUT2D eigenvalue weighted by molar-refractivity contribution is -0.139. The van der Waals surface area contributed by atoms with Gasteiger partial charge in [-0.3, -0.25) is 9.59 Å². The summed E-state index contributed by atoms with van der Waals surface area (Å²) in [4.78, 5) is 33.6. The first kappa shape index (κ1) is 25.3. The minimum Gasteiger partial charge on any atom is -0.488 e. The maximum atomic E-state index is 11.9. The summed E-state index contributed by atoms with van der Waals surface area (Å²) in [5.74, 6) is -1.17. The van der Waals surface area contributed by atoms with Crippen LogP contribution in [-0.4, -0.2) is 41.3 Å². The number of carbonyl (C=O) groups is 3. The quantitative estimate of drug-likeness (QED) is 0.336. The molecule has 0 bridgehead atoms. The minimum absolute atomic E-state index is 0.0208. The maximum absolute atomic E-state index is 11.9. The summed E-state index contributed by atoms with van der Waals surface area (Å²) in [6, 6.07) is 13.6. The van der Waals surface area contributed by atoms with E-state index in [1.165, 1.54) is 13.2 Å². The number of carbonyl (C=O) groups excluding carboxylic acids is 2.